The molecule has 3 nitrogen and oxygen atoms in total. The van der Waals surface area contributed by atoms with Gasteiger partial charge >= 0.3 is 0 Å². The van der Waals surface area contributed by atoms with Crippen molar-refractivity contribution in [1.29, 1.82) is 0 Å². The van der Waals surface area contributed by atoms with Gasteiger partial charge in [-0.2, -0.15) is 5.10 Å². The minimum atomic E-state index is 0.123. The maximum absolute atomic E-state index is 4.32. The minimum Gasteiger partial charge on any atom is -0.306 e. The molecule has 0 spiro atoms. The van der Waals surface area contributed by atoms with Gasteiger partial charge in [-0.3, -0.25) is 5.10 Å². The van der Waals surface area contributed by atoms with E-state index in [4.69, 9.17) is 0 Å². The number of benzene rings is 1. The third-order valence-corrected chi connectivity index (χ3v) is 2.51. The van der Waals surface area contributed by atoms with Gasteiger partial charge in [0.1, 0.15) is 0 Å². The molecule has 1 aromatic carbocycles. The molecule has 17 heavy (non-hydrogen) atoms. The molecule has 1 aromatic heterocycles. The molecule has 0 aliphatic carbocycles. The topological polar surface area (TPSA) is 40.7 Å². The predicted octanol–water partition coefficient (Wildman–Crippen LogP) is 2.96. The van der Waals surface area contributed by atoms with E-state index >= 15 is 0 Å². The molecule has 0 bridgehead atoms. The highest BCUT2D eigenvalue weighted by Gasteiger charge is 2.10. The van der Waals surface area contributed by atoms with Gasteiger partial charge in [0.2, 0.25) is 0 Å². The summed E-state index contributed by atoms with van der Waals surface area (Å²) in [5.74, 6) is 0. The molecule has 3 heteroatoms. The van der Waals surface area contributed by atoms with E-state index < -0.39 is 0 Å². The van der Waals surface area contributed by atoms with Crippen LogP contribution in [0.2, 0.25) is 0 Å². The number of rotatable bonds is 3. The van der Waals surface area contributed by atoms with Crippen LogP contribution < -0.4 is 5.32 Å². The molecule has 90 valence electrons. The van der Waals surface area contributed by atoms with Crippen LogP contribution in [0.25, 0.3) is 11.3 Å². The van der Waals surface area contributed by atoms with Crippen LogP contribution in [0.3, 0.4) is 0 Å². The summed E-state index contributed by atoms with van der Waals surface area (Å²) in [7, 11) is 0. The Balaban J connectivity index is 2.07. The van der Waals surface area contributed by atoms with E-state index in [2.05, 4.69) is 54.5 Å². The molecule has 0 atom stereocenters. The first-order valence-corrected chi connectivity index (χ1v) is 5.89. The Bertz CT molecular complexity index is 466. The lowest BCUT2D eigenvalue weighted by Gasteiger charge is -2.19. The standard InChI is InChI=1S/C14H19N3/c1-14(2,3)15-10-12-9-13(17-16-12)11-7-5-4-6-8-11/h4-9,15H,10H2,1-3H3,(H,16,17). The number of aromatic nitrogens is 2. The predicted molar refractivity (Wildman–Crippen MR) is 70.6 cm³/mol. The highest BCUT2D eigenvalue weighted by atomic mass is 15.1. The van der Waals surface area contributed by atoms with Crippen LogP contribution in [0.4, 0.5) is 0 Å². The molecule has 0 radical (unpaired) electrons. The van der Waals surface area contributed by atoms with Gasteiger partial charge in [0.15, 0.2) is 0 Å². The lowest BCUT2D eigenvalue weighted by molar-refractivity contribution is 0.421. The normalized spacial score (nSPS) is 11.7. The monoisotopic (exact) mass is 229 g/mol. The third-order valence-electron chi connectivity index (χ3n) is 2.51. The summed E-state index contributed by atoms with van der Waals surface area (Å²) in [5, 5.41) is 10.8. The molecule has 0 unspecified atom stereocenters. The fourth-order valence-electron chi connectivity index (χ4n) is 1.57. The first-order chi connectivity index (χ1) is 8.04. The van der Waals surface area contributed by atoms with E-state index in [0.717, 1.165) is 23.5 Å². The molecule has 2 aromatic rings. The summed E-state index contributed by atoms with van der Waals surface area (Å²) >= 11 is 0. The quantitative estimate of drug-likeness (QED) is 0.849. The highest BCUT2D eigenvalue weighted by molar-refractivity contribution is 5.58. The molecule has 0 aliphatic heterocycles. The SMILES string of the molecule is CC(C)(C)NCc1cc(-c2ccccc2)n[nH]1. The minimum absolute atomic E-state index is 0.123. The highest BCUT2D eigenvalue weighted by Crippen LogP contribution is 2.17. The van der Waals surface area contributed by atoms with Gasteiger partial charge in [0, 0.05) is 23.3 Å². The first-order valence-electron chi connectivity index (χ1n) is 5.89. The number of H-pyrrole nitrogens is 1. The lowest BCUT2D eigenvalue weighted by atomic mass is 10.1. The van der Waals surface area contributed by atoms with Gasteiger partial charge in [0.25, 0.3) is 0 Å². The van der Waals surface area contributed by atoms with Gasteiger partial charge in [0.05, 0.1) is 5.69 Å². The zero-order valence-corrected chi connectivity index (χ0v) is 10.6. The average molecular weight is 229 g/mol. The molecule has 0 saturated heterocycles. The molecule has 0 fully saturated rings. The van der Waals surface area contributed by atoms with Crippen molar-refractivity contribution < 1.29 is 0 Å². The maximum Gasteiger partial charge on any atom is 0.0924 e. The Hall–Kier alpha value is -1.61. The van der Waals surface area contributed by atoms with Gasteiger partial charge in [-0.1, -0.05) is 30.3 Å². The average Bonchev–Trinajstić information content (AvgIpc) is 2.75. The number of aromatic amines is 1. The van der Waals surface area contributed by atoms with Crippen molar-refractivity contribution in [1.82, 2.24) is 15.5 Å². The molecule has 0 aliphatic rings. The van der Waals surface area contributed by atoms with E-state index in [1.165, 1.54) is 0 Å². The Labute approximate surface area is 102 Å². The van der Waals surface area contributed by atoms with Crippen LogP contribution in [0, 0.1) is 0 Å². The van der Waals surface area contributed by atoms with E-state index in [-0.39, 0.29) is 5.54 Å². The summed E-state index contributed by atoms with van der Waals surface area (Å²) in [6.07, 6.45) is 0. The third kappa shape index (κ3) is 3.43. The second-order valence-electron chi connectivity index (χ2n) is 5.25. The molecule has 2 N–H and O–H groups in total. The molecule has 2 rings (SSSR count). The van der Waals surface area contributed by atoms with Crippen molar-refractivity contribution in [3.63, 3.8) is 0 Å². The second-order valence-corrected chi connectivity index (χ2v) is 5.25. The van der Waals surface area contributed by atoms with Gasteiger partial charge in [-0.25, -0.2) is 0 Å². The molecule has 0 saturated carbocycles. The van der Waals surface area contributed by atoms with Crippen LogP contribution >= 0.6 is 0 Å². The summed E-state index contributed by atoms with van der Waals surface area (Å²) in [6.45, 7) is 7.27. The number of hydrogen-bond acceptors (Lipinski definition) is 2. The van der Waals surface area contributed by atoms with Crippen LogP contribution in [0.5, 0.6) is 0 Å². The number of nitrogens with one attached hydrogen (secondary N) is 2. The molecule has 0 amide bonds. The first kappa shape index (κ1) is 11.9. The number of nitrogens with zero attached hydrogens (tertiary/aromatic N) is 1. The van der Waals surface area contributed by atoms with Crippen LogP contribution in [-0.2, 0) is 6.54 Å². The summed E-state index contributed by atoms with van der Waals surface area (Å²) in [4.78, 5) is 0. The Morgan fingerprint density at radius 2 is 1.88 bits per heavy atom. The second kappa shape index (κ2) is 4.72. The van der Waals surface area contributed by atoms with Gasteiger partial charge in [-0.15, -0.1) is 0 Å². The van der Waals surface area contributed by atoms with Gasteiger partial charge in [-0.05, 0) is 26.8 Å². The van der Waals surface area contributed by atoms with Crippen molar-refractivity contribution in [3.8, 4) is 11.3 Å². The Morgan fingerprint density at radius 3 is 2.53 bits per heavy atom. The van der Waals surface area contributed by atoms with Crippen molar-refractivity contribution in [2.45, 2.75) is 32.9 Å². The maximum atomic E-state index is 4.32. The fraction of sp³-hybridized carbons (Fsp3) is 0.357. The van der Waals surface area contributed by atoms with Crippen LogP contribution in [-0.4, -0.2) is 15.7 Å². The number of hydrogen-bond donors (Lipinski definition) is 2. The van der Waals surface area contributed by atoms with Crippen molar-refractivity contribution in [3.05, 3.63) is 42.1 Å². The molecular weight excluding hydrogens is 210 g/mol. The smallest absolute Gasteiger partial charge is 0.0924 e. The van der Waals surface area contributed by atoms with E-state index in [1.54, 1.807) is 0 Å². The van der Waals surface area contributed by atoms with E-state index in [0.29, 0.717) is 0 Å². The van der Waals surface area contributed by atoms with E-state index in [9.17, 15) is 0 Å². The zero-order chi connectivity index (χ0) is 12.3. The Morgan fingerprint density at radius 1 is 1.18 bits per heavy atom. The zero-order valence-electron chi connectivity index (χ0n) is 10.6. The fourth-order valence-corrected chi connectivity index (χ4v) is 1.57. The van der Waals surface area contributed by atoms with Crippen molar-refractivity contribution >= 4 is 0 Å². The van der Waals surface area contributed by atoms with Crippen LogP contribution in [0.1, 0.15) is 26.5 Å². The lowest BCUT2D eigenvalue weighted by Crippen LogP contribution is -2.35. The summed E-state index contributed by atoms with van der Waals surface area (Å²) < 4.78 is 0. The van der Waals surface area contributed by atoms with Crippen molar-refractivity contribution in [2.24, 2.45) is 0 Å². The van der Waals surface area contributed by atoms with Gasteiger partial charge < -0.3 is 5.32 Å². The summed E-state index contributed by atoms with van der Waals surface area (Å²) in [6, 6.07) is 12.3. The Kier molecular flexibility index (Phi) is 3.29. The molecular formula is C14H19N3. The van der Waals surface area contributed by atoms with Crippen molar-refractivity contribution in [2.75, 3.05) is 0 Å². The summed E-state index contributed by atoms with van der Waals surface area (Å²) in [5.41, 5.74) is 3.37. The largest absolute Gasteiger partial charge is 0.306 e. The molecule has 1 heterocycles. The van der Waals surface area contributed by atoms with E-state index in [1.807, 2.05) is 18.2 Å². The van der Waals surface area contributed by atoms with Crippen LogP contribution in [0.15, 0.2) is 36.4 Å².